The molecule has 0 radical (unpaired) electrons. The summed E-state index contributed by atoms with van der Waals surface area (Å²) in [5.41, 5.74) is 1.58. The summed E-state index contributed by atoms with van der Waals surface area (Å²) in [6.45, 7) is 11.0. The standard InChI is InChI=1S/C25H32N2O4/c1-7-17(3)21(27-24(30)31-25(4,5)6)23(29)26-20-14-13-16(2)15-19(20)22(28)18-11-9-8-10-12-18/h8-15,17,21H,7H2,1-6H3,(H,26,29)(H,27,30)/t17-,21-/m0/s1. The minimum atomic E-state index is -0.805. The molecule has 0 unspecified atom stereocenters. The Kier molecular flexibility index (Phi) is 7.97. The molecule has 0 aliphatic heterocycles. The molecular formula is C25H32N2O4. The molecule has 0 aromatic heterocycles. The van der Waals surface area contributed by atoms with Crippen molar-refractivity contribution in [2.24, 2.45) is 5.92 Å². The third-order valence-corrected chi connectivity index (χ3v) is 4.88. The number of rotatable bonds is 7. The molecular weight excluding hydrogens is 392 g/mol. The van der Waals surface area contributed by atoms with Crippen LogP contribution in [-0.4, -0.2) is 29.4 Å². The molecule has 0 aliphatic rings. The number of benzene rings is 2. The SMILES string of the molecule is CC[C@H](C)[C@H](NC(=O)OC(C)(C)C)C(=O)Nc1ccc(C)cc1C(=O)c1ccccc1. The Morgan fingerprint density at radius 2 is 1.68 bits per heavy atom. The predicted octanol–water partition coefficient (Wildman–Crippen LogP) is 5.10. The molecule has 0 bridgehead atoms. The number of carbonyl (C=O) groups excluding carboxylic acids is 3. The molecule has 0 spiro atoms. The summed E-state index contributed by atoms with van der Waals surface area (Å²) in [6.07, 6.45) is 0.0230. The molecule has 0 fully saturated rings. The van der Waals surface area contributed by atoms with Gasteiger partial charge in [0.05, 0.1) is 5.69 Å². The van der Waals surface area contributed by atoms with Crippen LogP contribution in [0.5, 0.6) is 0 Å². The molecule has 2 N–H and O–H groups in total. The molecule has 0 aliphatic carbocycles. The molecule has 2 amide bonds. The quantitative estimate of drug-likeness (QED) is 0.605. The lowest BCUT2D eigenvalue weighted by atomic mass is 9.97. The van der Waals surface area contributed by atoms with Crippen molar-refractivity contribution in [3.05, 3.63) is 65.2 Å². The van der Waals surface area contributed by atoms with Gasteiger partial charge in [0.2, 0.25) is 5.91 Å². The zero-order chi connectivity index (χ0) is 23.2. The lowest BCUT2D eigenvalue weighted by molar-refractivity contribution is -0.119. The Morgan fingerprint density at radius 1 is 1.03 bits per heavy atom. The van der Waals surface area contributed by atoms with E-state index in [9.17, 15) is 14.4 Å². The average molecular weight is 425 g/mol. The number of anilines is 1. The Balaban J connectivity index is 2.29. The molecule has 166 valence electrons. The van der Waals surface area contributed by atoms with Crippen molar-refractivity contribution in [1.29, 1.82) is 0 Å². The summed E-state index contributed by atoms with van der Waals surface area (Å²) in [7, 11) is 0. The summed E-state index contributed by atoms with van der Waals surface area (Å²) in [4.78, 5) is 38.5. The molecule has 6 nitrogen and oxygen atoms in total. The third-order valence-electron chi connectivity index (χ3n) is 4.88. The van der Waals surface area contributed by atoms with Crippen LogP contribution in [0, 0.1) is 12.8 Å². The van der Waals surface area contributed by atoms with Gasteiger partial charge in [-0.2, -0.15) is 0 Å². The lowest BCUT2D eigenvalue weighted by Crippen LogP contribution is -2.49. The van der Waals surface area contributed by atoms with Crippen LogP contribution in [0.1, 0.15) is 62.5 Å². The van der Waals surface area contributed by atoms with Gasteiger partial charge in [0.1, 0.15) is 11.6 Å². The van der Waals surface area contributed by atoms with Gasteiger partial charge in [-0.05, 0) is 45.7 Å². The van der Waals surface area contributed by atoms with Gasteiger partial charge in [0.25, 0.3) is 0 Å². The number of amides is 2. The summed E-state index contributed by atoms with van der Waals surface area (Å²) in [5, 5.41) is 5.52. The van der Waals surface area contributed by atoms with Crippen LogP contribution in [0.2, 0.25) is 0 Å². The minimum absolute atomic E-state index is 0.133. The van der Waals surface area contributed by atoms with E-state index in [4.69, 9.17) is 4.74 Å². The van der Waals surface area contributed by atoms with Gasteiger partial charge in [0, 0.05) is 11.1 Å². The maximum Gasteiger partial charge on any atom is 0.408 e. The van der Waals surface area contributed by atoms with Crippen LogP contribution in [0.4, 0.5) is 10.5 Å². The first-order chi connectivity index (χ1) is 14.5. The number of carbonyl (C=O) groups is 3. The molecule has 2 rings (SSSR count). The first-order valence-electron chi connectivity index (χ1n) is 10.5. The summed E-state index contributed by atoms with van der Waals surface area (Å²) < 4.78 is 5.31. The molecule has 2 aromatic rings. The minimum Gasteiger partial charge on any atom is -0.444 e. The molecule has 6 heteroatoms. The predicted molar refractivity (Wildman–Crippen MR) is 122 cm³/mol. The zero-order valence-electron chi connectivity index (χ0n) is 19.1. The fourth-order valence-electron chi connectivity index (χ4n) is 3.05. The monoisotopic (exact) mass is 424 g/mol. The van der Waals surface area contributed by atoms with Gasteiger partial charge < -0.3 is 15.4 Å². The van der Waals surface area contributed by atoms with E-state index in [-0.39, 0.29) is 11.7 Å². The first-order valence-corrected chi connectivity index (χ1v) is 10.5. The lowest BCUT2D eigenvalue weighted by Gasteiger charge is -2.26. The van der Waals surface area contributed by atoms with Crippen molar-refractivity contribution < 1.29 is 19.1 Å². The average Bonchev–Trinajstić information content (AvgIpc) is 2.71. The maximum absolute atomic E-state index is 13.1. The Labute approximate surface area is 184 Å². The number of hydrogen-bond donors (Lipinski definition) is 2. The Hall–Kier alpha value is -3.15. The highest BCUT2D eigenvalue weighted by molar-refractivity contribution is 6.14. The smallest absolute Gasteiger partial charge is 0.408 e. The van der Waals surface area contributed by atoms with E-state index in [2.05, 4.69) is 10.6 Å². The molecule has 31 heavy (non-hydrogen) atoms. The number of alkyl carbamates (subject to hydrolysis) is 1. The molecule has 0 saturated heterocycles. The zero-order valence-corrected chi connectivity index (χ0v) is 19.1. The highest BCUT2D eigenvalue weighted by atomic mass is 16.6. The highest BCUT2D eigenvalue weighted by Crippen LogP contribution is 2.22. The Morgan fingerprint density at radius 3 is 2.26 bits per heavy atom. The van der Waals surface area contributed by atoms with Crippen LogP contribution in [0.15, 0.2) is 48.5 Å². The van der Waals surface area contributed by atoms with Gasteiger partial charge in [0.15, 0.2) is 5.78 Å². The van der Waals surface area contributed by atoms with Crippen molar-refractivity contribution >= 4 is 23.5 Å². The van der Waals surface area contributed by atoms with Gasteiger partial charge in [-0.25, -0.2) is 4.79 Å². The van der Waals surface area contributed by atoms with Gasteiger partial charge in [-0.15, -0.1) is 0 Å². The van der Waals surface area contributed by atoms with Crippen molar-refractivity contribution in [2.75, 3.05) is 5.32 Å². The van der Waals surface area contributed by atoms with Crippen LogP contribution in [-0.2, 0) is 9.53 Å². The fourth-order valence-corrected chi connectivity index (χ4v) is 3.05. The fraction of sp³-hybridized carbons (Fsp3) is 0.400. The topological polar surface area (TPSA) is 84.5 Å². The van der Waals surface area contributed by atoms with E-state index in [0.717, 1.165) is 5.56 Å². The maximum atomic E-state index is 13.1. The largest absolute Gasteiger partial charge is 0.444 e. The number of ether oxygens (including phenoxy) is 1. The number of nitrogens with one attached hydrogen (secondary N) is 2. The van der Waals surface area contributed by atoms with Crippen LogP contribution in [0.25, 0.3) is 0 Å². The van der Waals surface area contributed by atoms with Gasteiger partial charge in [-0.1, -0.05) is 62.2 Å². The van der Waals surface area contributed by atoms with Crippen LogP contribution < -0.4 is 10.6 Å². The van der Waals surface area contributed by atoms with E-state index >= 15 is 0 Å². The first kappa shape index (κ1) is 24.1. The van der Waals surface area contributed by atoms with E-state index in [1.54, 1.807) is 57.2 Å². The van der Waals surface area contributed by atoms with Crippen molar-refractivity contribution in [3.8, 4) is 0 Å². The molecule has 2 aromatic carbocycles. The van der Waals surface area contributed by atoms with Crippen molar-refractivity contribution in [2.45, 2.75) is 59.6 Å². The summed E-state index contributed by atoms with van der Waals surface area (Å²) >= 11 is 0. The van der Waals surface area contributed by atoms with E-state index < -0.39 is 23.6 Å². The van der Waals surface area contributed by atoms with E-state index in [1.165, 1.54) is 0 Å². The second-order valence-corrected chi connectivity index (χ2v) is 8.74. The number of ketones is 1. The van der Waals surface area contributed by atoms with E-state index in [1.807, 2.05) is 32.9 Å². The second kappa shape index (κ2) is 10.2. The number of hydrogen-bond acceptors (Lipinski definition) is 4. The molecule has 0 heterocycles. The van der Waals surface area contributed by atoms with Crippen LogP contribution in [0.3, 0.4) is 0 Å². The summed E-state index contributed by atoms with van der Waals surface area (Å²) in [6, 6.07) is 13.4. The molecule has 0 saturated carbocycles. The normalized spacial score (nSPS) is 13.1. The van der Waals surface area contributed by atoms with Gasteiger partial charge >= 0.3 is 6.09 Å². The van der Waals surface area contributed by atoms with Crippen LogP contribution >= 0.6 is 0 Å². The second-order valence-electron chi connectivity index (χ2n) is 8.74. The highest BCUT2D eigenvalue weighted by Gasteiger charge is 2.29. The van der Waals surface area contributed by atoms with Crippen molar-refractivity contribution in [1.82, 2.24) is 5.32 Å². The summed E-state index contributed by atoms with van der Waals surface area (Å²) in [5.74, 6) is -0.711. The van der Waals surface area contributed by atoms with Gasteiger partial charge in [-0.3, -0.25) is 9.59 Å². The third kappa shape index (κ3) is 6.95. The number of aryl methyl sites for hydroxylation is 1. The molecule has 2 atom stereocenters. The van der Waals surface area contributed by atoms with E-state index in [0.29, 0.717) is 23.2 Å². The van der Waals surface area contributed by atoms with Crippen molar-refractivity contribution in [3.63, 3.8) is 0 Å². The Bertz CT molecular complexity index is 932.